The van der Waals surface area contributed by atoms with Crippen LogP contribution in [-0.2, 0) is 4.79 Å². The molecule has 0 aliphatic carbocycles. The highest BCUT2D eigenvalue weighted by atomic mass is 35.5. The third-order valence-corrected chi connectivity index (χ3v) is 5.42. The second-order valence-corrected chi connectivity index (χ2v) is 7.89. The molecule has 0 unspecified atom stereocenters. The van der Waals surface area contributed by atoms with E-state index in [1.54, 1.807) is 23.2 Å². The van der Waals surface area contributed by atoms with Gasteiger partial charge in [-0.1, -0.05) is 53.7 Å². The molecule has 0 fully saturated rings. The molecule has 0 atom stereocenters. The van der Waals surface area contributed by atoms with E-state index in [-0.39, 0.29) is 11.7 Å². The lowest BCUT2D eigenvalue weighted by atomic mass is 10.1. The molecule has 1 N–H and O–H groups in total. The van der Waals surface area contributed by atoms with E-state index in [9.17, 15) is 4.79 Å². The number of amides is 1. The summed E-state index contributed by atoms with van der Waals surface area (Å²) in [6.45, 7) is 0. The molecule has 0 saturated carbocycles. The van der Waals surface area contributed by atoms with Gasteiger partial charge < -0.3 is 5.32 Å². The van der Waals surface area contributed by atoms with Crippen molar-refractivity contribution < 1.29 is 4.79 Å². The molecule has 2 aromatic carbocycles. The van der Waals surface area contributed by atoms with Crippen LogP contribution in [0.1, 0.15) is 11.3 Å². The van der Waals surface area contributed by atoms with Gasteiger partial charge in [0.05, 0.1) is 17.1 Å². The molecule has 0 aliphatic heterocycles. The molecule has 0 bridgehead atoms. The summed E-state index contributed by atoms with van der Waals surface area (Å²) in [5.74, 6) is 0.0734. The second kappa shape index (κ2) is 10.1. The zero-order valence-electron chi connectivity index (χ0n) is 16.4. The molecule has 0 radical (unpaired) electrons. The Hall–Kier alpha value is -3.42. The number of halogens is 1. The number of nitrogens with zero attached hydrogens (tertiary/aromatic N) is 4. The van der Waals surface area contributed by atoms with Crippen molar-refractivity contribution in [1.82, 2.24) is 19.7 Å². The number of anilines is 1. The Labute approximate surface area is 189 Å². The number of benzene rings is 2. The van der Waals surface area contributed by atoms with E-state index in [1.807, 2.05) is 72.8 Å². The average Bonchev–Trinajstić information content (AvgIpc) is 3.26. The van der Waals surface area contributed by atoms with Crippen LogP contribution in [0.3, 0.4) is 0 Å². The van der Waals surface area contributed by atoms with E-state index >= 15 is 0 Å². The lowest BCUT2D eigenvalue weighted by Crippen LogP contribution is -2.14. The molecular weight excluding hydrogens is 430 g/mol. The van der Waals surface area contributed by atoms with Gasteiger partial charge in [-0.15, -0.1) is 10.2 Å². The summed E-state index contributed by atoms with van der Waals surface area (Å²) >= 11 is 7.37. The Morgan fingerprint density at radius 3 is 2.81 bits per heavy atom. The van der Waals surface area contributed by atoms with Gasteiger partial charge in [0, 0.05) is 16.9 Å². The van der Waals surface area contributed by atoms with Crippen molar-refractivity contribution in [2.75, 3.05) is 11.1 Å². The third kappa shape index (κ3) is 5.81. The highest BCUT2D eigenvalue weighted by Crippen LogP contribution is 2.22. The van der Waals surface area contributed by atoms with E-state index in [1.165, 1.54) is 11.8 Å². The lowest BCUT2D eigenvalue weighted by molar-refractivity contribution is -0.113. The van der Waals surface area contributed by atoms with E-state index in [0.29, 0.717) is 10.2 Å². The molecule has 6 nitrogen and oxygen atoms in total. The summed E-state index contributed by atoms with van der Waals surface area (Å²) in [5.41, 5.74) is 3.41. The van der Waals surface area contributed by atoms with Crippen molar-refractivity contribution in [2.24, 2.45) is 0 Å². The zero-order chi connectivity index (χ0) is 21.5. The molecule has 8 heteroatoms. The van der Waals surface area contributed by atoms with Crippen LogP contribution < -0.4 is 5.32 Å². The molecule has 0 aliphatic rings. The molecule has 4 aromatic rings. The molecular formula is C23H18ClN5OS. The highest BCUT2D eigenvalue weighted by Gasteiger charge is 2.11. The van der Waals surface area contributed by atoms with Crippen LogP contribution in [-0.4, -0.2) is 31.4 Å². The van der Waals surface area contributed by atoms with Crippen molar-refractivity contribution in [3.8, 4) is 5.69 Å². The first-order chi connectivity index (χ1) is 15.2. The van der Waals surface area contributed by atoms with Gasteiger partial charge in [-0.2, -0.15) is 0 Å². The summed E-state index contributed by atoms with van der Waals surface area (Å²) in [6, 6.07) is 20.8. The molecule has 154 valence electrons. The van der Waals surface area contributed by atoms with E-state index < -0.39 is 0 Å². The lowest BCUT2D eigenvalue weighted by Gasteiger charge is -2.08. The van der Waals surface area contributed by atoms with Gasteiger partial charge in [-0.25, -0.2) is 0 Å². The monoisotopic (exact) mass is 447 g/mol. The number of rotatable bonds is 7. The Bertz CT molecular complexity index is 1210. The first kappa shape index (κ1) is 20.8. The fraction of sp³-hybridized carbons (Fsp3) is 0.0435. The number of pyridine rings is 1. The Morgan fingerprint density at radius 1 is 1.06 bits per heavy atom. The average molecular weight is 448 g/mol. The van der Waals surface area contributed by atoms with Crippen LogP contribution in [0.4, 0.5) is 5.69 Å². The van der Waals surface area contributed by atoms with Crippen molar-refractivity contribution in [2.45, 2.75) is 5.16 Å². The Morgan fingerprint density at radius 2 is 1.97 bits per heavy atom. The van der Waals surface area contributed by atoms with Gasteiger partial charge in [-0.05, 0) is 54.1 Å². The third-order valence-electron chi connectivity index (χ3n) is 4.24. The number of hydrogen-bond donors (Lipinski definition) is 1. The number of carbonyl (C=O) groups is 1. The van der Waals surface area contributed by atoms with Crippen LogP contribution in [0.15, 0.2) is 84.4 Å². The fourth-order valence-corrected chi connectivity index (χ4v) is 3.74. The van der Waals surface area contributed by atoms with Gasteiger partial charge in [0.25, 0.3) is 0 Å². The minimum Gasteiger partial charge on any atom is -0.325 e. The van der Waals surface area contributed by atoms with Crippen LogP contribution in [0.5, 0.6) is 0 Å². The van der Waals surface area contributed by atoms with Crippen LogP contribution in [0.25, 0.3) is 17.8 Å². The predicted molar refractivity (Wildman–Crippen MR) is 125 cm³/mol. The second-order valence-electron chi connectivity index (χ2n) is 6.51. The first-order valence-electron chi connectivity index (χ1n) is 9.45. The topological polar surface area (TPSA) is 72.7 Å². The standard InChI is InChI=1S/C23H18ClN5OS/c24-18-6-4-9-21(14-18)29-16-26-28-23(29)31-15-22(30)27-20-8-3-5-17(13-20)10-11-19-7-1-2-12-25-19/h1-14,16H,15H2,(H,27,30). The molecule has 0 spiro atoms. The fourth-order valence-electron chi connectivity index (χ4n) is 2.83. The van der Waals surface area contributed by atoms with Crippen molar-refractivity contribution in [1.29, 1.82) is 0 Å². The molecule has 2 heterocycles. The van der Waals surface area contributed by atoms with E-state index in [2.05, 4.69) is 20.5 Å². The number of thioether (sulfide) groups is 1. The van der Waals surface area contributed by atoms with Gasteiger partial charge in [0.15, 0.2) is 5.16 Å². The maximum absolute atomic E-state index is 12.5. The summed E-state index contributed by atoms with van der Waals surface area (Å²) in [6.07, 6.45) is 7.24. The Kier molecular flexibility index (Phi) is 6.76. The number of nitrogens with one attached hydrogen (secondary N) is 1. The summed E-state index contributed by atoms with van der Waals surface area (Å²) in [5, 5.41) is 12.2. The molecule has 4 rings (SSSR count). The van der Waals surface area contributed by atoms with Crippen LogP contribution in [0.2, 0.25) is 5.02 Å². The normalized spacial score (nSPS) is 11.0. The number of hydrogen-bond acceptors (Lipinski definition) is 5. The quantitative estimate of drug-likeness (QED) is 0.393. The summed E-state index contributed by atoms with van der Waals surface area (Å²) in [4.78, 5) is 16.7. The minimum atomic E-state index is -0.128. The summed E-state index contributed by atoms with van der Waals surface area (Å²) < 4.78 is 1.80. The largest absolute Gasteiger partial charge is 0.325 e. The maximum Gasteiger partial charge on any atom is 0.234 e. The van der Waals surface area contributed by atoms with Crippen molar-refractivity contribution >= 4 is 47.1 Å². The minimum absolute atomic E-state index is 0.128. The summed E-state index contributed by atoms with van der Waals surface area (Å²) in [7, 11) is 0. The molecule has 1 amide bonds. The van der Waals surface area contributed by atoms with Crippen LogP contribution >= 0.6 is 23.4 Å². The van der Waals surface area contributed by atoms with E-state index in [4.69, 9.17) is 11.6 Å². The maximum atomic E-state index is 12.5. The van der Waals surface area contributed by atoms with E-state index in [0.717, 1.165) is 22.6 Å². The van der Waals surface area contributed by atoms with Crippen LogP contribution in [0, 0.1) is 0 Å². The molecule has 2 aromatic heterocycles. The van der Waals surface area contributed by atoms with Gasteiger partial charge in [-0.3, -0.25) is 14.3 Å². The number of aromatic nitrogens is 4. The molecule has 0 saturated heterocycles. The van der Waals surface area contributed by atoms with Crippen molar-refractivity contribution in [3.63, 3.8) is 0 Å². The first-order valence-corrected chi connectivity index (χ1v) is 10.8. The number of carbonyl (C=O) groups excluding carboxylic acids is 1. The highest BCUT2D eigenvalue weighted by molar-refractivity contribution is 7.99. The van der Waals surface area contributed by atoms with Gasteiger partial charge >= 0.3 is 0 Å². The zero-order valence-corrected chi connectivity index (χ0v) is 17.9. The predicted octanol–water partition coefficient (Wildman–Crippen LogP) is 5.22. The van der Waals surface area contributed by atoms with Gasteiger partial charge in [0.2, 0.25) is 5.91 Å². The van der Waals surface area contributed by atoms with Gasteiger partial charge in [0.1, 0.15) is 6.33 Å². The SMILES string of the molecule is O=C(CSc1nncn1-c1cccc(Cl)c1)Nc1cccc(C=Cc2ccccn2)c1. The molecule has 31 heavy (non-hydrogen) atoms. The smallest absolute Gasteiger partial charge is 0.234 e. The van der Waals surface area contributed by atoms with Crippen molar-refractivity contribution in [3.05, 3.63) is 95.5 Å². The Balaban J connectivity index is 1.37.